The highest BCUT2D eigenvalue weighted by atomic mass is 127. The summed E-state index contributed by atoms with van der Waals surface area (Å²) in [6.45, 7) is 7.02. The van der Waals surface area contributed by atoms with E-state index in [9.17, 15) is 8.42 Å². The van der Waals surface area contributed by atoms with E-state index in [0.29, 0.717) is 29.5 Å². The molecule has 1 aromatic carbocycles. The van der Waals surface area contributed by atoms with Crippen molar-refractivity contribution >= 4 is 40.0 Å². The Morgan fingerprint density at radius 3 is 2.39 bits per heavy atom. The second-order valence-corrected chi connectivity index (χ2v) is 9.49. The van der Waals surface area contributed by atoms with E-state index in [1.807, 2.05) is 12.1 Å². The molecule has 28 heavy (non-hydrogen) atoms. The van der Waals surface area contributed by atoms with Gasteiger partial charge in [-0.05, 0) is 38.3 Å². The van der Waals surface area contributed by atoms with E-state index in [0.717, 1.165) is 31.5 Å². The Balaban J connectivity index is 0.00000392. The molecule has 0 aromatic heterocycles. The zero-order valence-electron chi connectivity index (χ0n) is 17.5. The molecule has 0 atom stereocenters. The molecule has 0 bridgehead atoms. The van der Waals surface area contributed by atoms with Crippen LogP contribution in [0.4, 0.5) is 0 Å². The van der Waals surface area contributed by atoms with Crippen LogP contribution in [-0.4, -0.2) is 69.9 Å². The summed E-state index contributed by atoms with van der Waals surface area (Å²) in [5, 5.41) is 6.73. The molecule has 0 radical (unpaired) electrons. The lowest BCUT2D eigenvalue weighted by molar-refractivity contribution is 0.167. The summed E-state index contributed by atoms with van der Waals surface area (Å²) in [5.74, 6) is 0.704. The average Bonchev–Trinajstić information content (AvgIpc) is 2.65. The molecule has 0 spiro atoms. The monoisotopic (exact) mass is 523 g/mol. The Morgan fingerprint density at radius 2 is 1.86 bits per heavy atom. The lowest BCUT2D eigenvalue weighted by atomic mass is 10.0. The maximum Gasteiger partial charge on any atom is 0.242 e. The molecule has 0 amide bonds. The fourth-order valence-corrected chi connectivity index (χ4v) is 4.34. The molecule has 7 nitrogen and oxygen atoms in total. The van der Waals surface area contributed by atoms with Crippen molar-refractivity contribution in [2.45, 2.75) is 50.2 Å². The van der Waals surface area contributed by atoms with Gasteiger partial charge >= 0.3 is 0 Å². The van der Waals surface area contributed by atoms with E-state index in [4.69, 9.17) is 0 Å². The van der Waals surface area contributed by atoms with Gasteiger partial charge in [0.15, 0.2) is 5.96 Å². The highest BCUT2D eigenvalue weighted by Gasteiger charge is 2.23. The molecule has 2 N–H and O–H groups in total. The molecule has 1 aliphatic rings. The largest absolute Gasteiger partial charge is 0.354 e. The maximum atomic E-state index is 12.5. The summed E-state index contributed by atoms with van der Waals surface area (Å²) in [5.41, 5.74) is 0.726. The van der Waals surface area contributed by atoms with Crippen LogP contribution >= 0.6 is 24.0 Å². The number of sulfonamides is 1. The molecule has 160 valence electrons. The zero-order chi connectivity index (χ0) is 20.0. The first-order valence-corrected chi connectivity index (χ1v) is 10.9. The van der Waals surface area contributed by atoms with Gasteiger partial charge in [-0.1, -0.05) is 18.2 Å². The quantitative estimate of drug-likeness (QED) is 0.340. The van der Waals surface area contributed by atoms with Gasteiger partial charge in [0.1, 0.15) is 0 Å². The number of guanidine groups is 1. The Morgan fingerprint density at radius 1 is 1.25 bits per heavy atom. The summed E-state index contributed by atoms with van der Waals surface area (Å²) in [4.78, 5) is 7.10. The molecule has 1 saturated heterocycles. The molecule has 2 rings (SSSR count). The van der Waals surface area contributed by atoms with Crippen molar-refractivity contribution in [2.75, 3.05) is 34.2 Å². The highest BCUT2D eigenvalue weighted by Crippen LogP contribution is 2.18. The van der Waals surface area contributed by atoms with Crippen molar-refractivity contribution in [2.24, 2.45) is 4.99 Å². The predicted octanol–water partition coefficient (Wildman–Crippen LogP) is 2.09. The fraction of sp³-hybridized carbons (Fsp3) is 0.632. The second kappa shape index (κ2) is 11.3. The van der Waals surface area contributed by atoms with Gasteiger partial charge in [0.2, 0.25) is 10.0 Å². The molecule has 1 aromatic rings. The molecular weight excluding hydrogens is 489 g/mol. The van der Waals surface area contributed by atoms with Crippen LogP contribution in [0.5, 0.6) is 0 Å². The Hall–Kier alpha value is -0.910. The minimum atomic E-state index is -3.48. The lowest BCUT2D eigenvalue weighted by Gasteiger charge is -2.35. The number of hydrogen-bond donors (Lipinski definition) is 2. The number of likely N-dealkylation sites (tertiary alicyclic amines) is 1. The number of rotatable bonds is 6. The van der Waals surface area contributed by atoms with Gasteiger partial charge in [-0.15, -0.1) is 24.0 Å². The van der Waals surface area contributed by atoms with Crippen molar-refractivity contribution < 1.29 is 8.42 Å². The normalized spacial score (nSPS) is 16.9. The van der Waals surface area contributed by atoms with Crippen LogP contribution in [0.25, 0.3) is 0 Å². The highest BCUT2D eigenvalue weighted by molar-refractivity contribution is 14.0. The van der Waals surface area contributed by atoms with Crippen molar-refractivity contribution in [3.63, 3.8) is 0 Å². The van der Waals surface area contributed by atoms with Crippen molar-refractivity contribution in [1.29, 1.82) is 0 Å². The number of aliphatic imine (C=N–C) groups is 1. The fourth-order valence-electron chi connectivity index (χ4n) is 3.23. The molecular formula is C19H34IN5O2S. The molecule has 9 heteroatoms. The van der Waals surface area contributed by atoms with Crippen LogP contribution in [0.2, 0.25) is 0 Å². The van der Waals surface area contributed by atoms with Gasteiger partial charge in [-0.2, -0.15) is 0 Å². The van der Waals surface area contributed by atoms with E-state index >= 15 is 0 Å². The maximum absolute atomic E-state index is 12.5. The Labute approximate surface area is 187 Å². The van der Waals surface area contributed by atoms with Crippen LogP contribution in [0.15, 0.2) is 34.2 Å². The lowest BCUT2D eigenvalue weighted by Crippen LogP contribution is -2.49. The minimum Gasteiger partial charge on any atom is -0.354 e. The van der Waals surface area contributed by atoms with Gasteiger partial charge < -0.3 is 15.5 Å². The van der Waals surface area contributed by atoms with E-state index in [-0.39, 0.29) is 24.0 Å². The van der Waals surface area contributed by atoms with Gasteiger partial charge in [0.25, 0.3) is 0 Å². The minimum absolute atomic E-state index is 0. The molecule has 0 aliphatic carbocycles. The van der Waals surface area contributed by atoms with Gasteiger partial charge in [-0.3, -0.25) is 4.99 Å². The van der Waals surface area contributed by atoms with Crippen LogP contribution in [0.3, 0.4) is 0 Å². The third-order valence-electron chi connectivity index (χ3n) is 5.00. The smallest absolute Gasteiger partial charge is 0.242 e. The summed E-state index contributed by atoms with van der Waals surface area (Å²) in [6.07, 6.45) is 2.15. The first-order chi connectivity index (χ1) is 12.8. The number of piperidine rings is 1. The number of halogens is 1. The van der Waals surface area contributed by atoms with Crippen LogP contribution < -0.4 is 10.6 Å². The number of nitrogens with one attached hydrogen (secondary N) is 2. The number of nitrogens with zero attached hydrogens (tertiary/aromatic N) is 3. The predicted molar refractivity (Wildman–Crippen MR) is 126 cm³/mol. The van der Waals surface area contributed by atoms with Crippen molar-refractivity contribution in [3.8, 4) is 0 Å². The third-order valence-corrected chi connectivity index (χ3v) is 6.92. The summed E-state index contributed by atoms with van der Waals surface area (Å²) in [7, 11) is 1.35. The topological polar surface area (TPSA) is 77.0 Å². The first-order valence-electron chi connectivity index (χ1n) is 9.47. The SMILES string of the molecule is CN=C(NCc1ccccc1S(=O)(=O)N(C)C)NC1CCN(C(C)C)CC1.I. The Bertz CT molecular complexity index is 744. The summed E-state index contributed by atoms with van der Waals surface area (Å²) < 4.78 is 26.3. The van der Waals surface area contributed by atoms with Crippen molar-refractivity contribution in [3.05, 3.63) is 29.8 Å². The molecule has 1 fully saturated rings. The average molecular weight is 523 g/mol. The molecule has 1 heterocycles. The number of benzene rings is 1. The van der Waals surface area contributed by atoms with Crippen molar-refractivity contribution in [1.82, 2.24) is 19.8 Å². The van der Waals surface area contributed by atoms with Gasteiger partial charge in [0, 0.05) is 52.9 Å². The van der Waals surface area contributed by atoms with E-state index in [2.05, 4.69) is 34.4 Å². The molecule has 0 saturated carbocycles. The van der Waals surface area contributed by atoms with Gasteiger partial charge in [-0.25, -0.2) is 12.7 Å². The first kappa shape index (κ1) is 25.1. The molecule has 0 unspecified atom stereocenters. The van der Waals surface area contributed by atoms with Gasteiger partial charge in [0.05, 0.1) is 4.90 Å². The number of hydrogen-bond acceptors (Lipinski definition) is 4. The standard InChI is InChI=1S/C19H33N5O2S.HI/c1-15(2)24-12-10-17(11-13-24)22-19(20-3)21-14-16-8-6-7-9-18(16)27(25,26)23(4)5;/h6-9,15,17H,10-14H2,1-5H3,(H2,20,21,22);1H. The van der Waals surface area contributed by atoms with Crippen LogP contribution in [0, 0.1) is 0 Å². The summed E-state index contributed by atoms with van der Waals surface area (Å²) >= 11 is 0. The van der Waals surface area contributed by atoms with E-state index < -0.39 is 10.0 Å². The van der Waals surface area contributed by atoms with Crippen LogP contribution in [0.1, 0.15) is 32.3 Å². The third kappa shape index (κ3) is 6.57. The van der Waals surface area contributed by atoms with E-state index in [1.165, 1.54) is 4.31 Å². The van der Waals surface area contributed by atoms with E-state index in [1.54, 1.807) is 33.3 Å². The van der Waals surface area contributed by atoms with Crippen LogP contribution in [-0.2, 0) is 16.6 Å². The summed E-state index contributed by atoms with van der Waals surface area (Å²) in [6, 6.07) is 8.03. The Kier molecular flexibility index (Phi) is 10.2. The molecule has 1 aliphatic heterocycles. The second-order valence-electron chi connectivity index (χ2n) is 7.37. The zero-order valence-corrected chi connectivity index (χ0v) is 20.6.